The van der Waals surface area contributed by atoms with Gasteiger partial charge in [0.05, 0.1) is 13.1 Å². The van der Waals surface area contributed by atoms with E-state index in [-0.39, 0.29) is 76.5 Å². The predicted octanol–water partition coefficient (Wildman–Crippen LogP) is -3.81. The van der Waals surface area contributed by atoms with E-state index in [1.165, 1.54) is 16.7 Å². The summed E-state index contributed by atoms with van der Waals surface area (Å²) in [7, 11) is 0. The minimum Gasteiger partial charge on any atom is -0.480 e. The third kappa shape index (κ3) is 17.0. The van der Waals surface area contributed by atoms with E-state index in [0.717, 1.165) is 0 Å². The van der Waals surface area contributed by atoms with Gasteiger partial charge in [0, 0.05) is 19.5 Å². The molecule has 0 aromatic carbocycles. The number of guanidine groups is 1. The zero-order valence-electron chi connectivity index (χ0n) is 30.0. The summed E-state index contributed by atoms with van der Waals surface area (Å²) in [5.41, 5.74) is 21.2. The summed E-state index contributed by atoms with van der Waals surface area (Å²) in [4.78, 5) is 106. The number of carboxylic acid groups (broad SMARTS) is 1. The molecule has 1 heterocycles. The Kier molecular flexibility index (Phi) is 20.7. The molecule has 0 aromatic rings. The van der Waals surface area contributed by atoms with E-state index in [2.05, 4.69) is 31.6 Å². The fourth-order valence-electron chi connectivity index (χ4n) is 5.35. The number of hydrogen-bond donors (Lipinski definition) is 10. The summed E-state index contributed by atoms with van der Waals surface area (Å²) in [6.07, 6.45) is 2.85. The van der Waals surface area contributed by atoms with Crippen molar-refractivity contribution in [2.45, 2.75) is 95.4 Å². The van der Waals surface area contributed by atoms with Gasteiger partial charge in [0.2, 0.25) is 41.4 Å². The van der Waals surface area contributed by atoms with Crippen LogP contribution in [0.25, 0.3) is 0 Å². The molecule has 0 bridgehead atoms. The summed E-state index contributed by atoms with van der Waals surface area (Å²) in [5.74, 6) is -5.72. The highest BCUT2D eigenvalue weighted by Gasteiger charge is 2.39. The SMILES string of the molecule is CSCC[C@H](NC(=O)CNC(=O)[C@H](CCC(N)=O)NC(=O)[C@H](CC(C)C)NC(=O)CN)C(=O)N1CCC[C@H]1C(=O)N[C@@H](CCCN=C(N)N)C(=O)O. The summed E-state index contributed by atoms with van der Waals surface area (Å²) in [6, 6.07) is -5.60. The first kappa shape index (κ1) is 45.4. The molecule has 1 aliphatic heterocycles. The third-order valence-electron chi connectivity index (χ3n) is 7.92. The first-order chi connectivity index (χ1) is 24.5. The lowest BCUT2D eigenvalue weighted by molar-refractivity contribution is -0.145. The maximum atomic E-state index is 13.7. The molecule has 5 atom stereocenters. The molecular weight excluding hydrogens is 702 g/mol. The van der Waals surface area contributed by atoms with Crippen LogP contribution in [-0.2, 0) is 38.4 Å². The summed E-state index contributed by atoms with van der Waals surface area (Å²) < 4.78 is 0. The first-order valence-corrected chi connectivity index (χ1v) is 18.4. The molecule has 0 radical (unpaired) electrons. The van der Waals surface area contributed by atoms with E-state index in [1.54, 1.807) is 0 Å². The van der Waals surface area contributed by atoms with Crippen LogP contribution in [0.15, 0.2) is 4.99 Å². The van der Waals surface area contributed by atoms with Crippen molar-refractivity contribution in [1.82, 2.24) is 31.5 Å². The molecule has 0 aromatic heterocycles. The monoisotopic (exact) mass is 757 g/mol. The number of carboxylic acids is 1. The van der Waals surface area contributed by atoms with Crippen LogP contribution in [0.3, 0.4) is 0 Å². The van der Waals surface area contributed by atoms with Crippen LogP contribution in [0.5, 0.6) is 0 Å². The smallest absolute Gasteiger partial charge is 0.326 e. The van der Waals surface area contributed by atoms with Crippen molar-refractivity contribution in [2.24, 2.45) is 33.8 Å². The largest absolute Gasteiger partial charge is 0.480 e. The highest BCUT2D eigenvalue weighted by molar-refractivity contribution is 7.98. The maximum Gasteiger partial charge on any atom is 0.326 e. The molecule has 1 fully saturated rings. The molecule has 0 saturated carbocycles. The average molecular weight is 758 g/mol. The second-order valence-corrected chi connectivity index (χ2v) is 13.7. The maximum absolute atomic E-state index is 13.7. The summed E-state index contributed by atoms with van der Waals surface area (Å²) >= 11 is 1.42. The number of carbonyl (C=O) groups is 8. The van der Waals surface area contributed by atoms with E-state index in [1.807, 2.05) is 20.1 Å². The number of rotatable bonds is 24. The van der Waals surface area contributed by atoms with Gasteiger partial charge < -0.3 is 59.5 Å². The summed E-state index contributed by atoms with van der Waals surface area (Å²) in [6.45, 7) is 3.07. The van der Waals surface area contributed by atoms with Crippen molar-refractivity contribution in [2.75, 3.05) is 38.2 Å². The molecule has 0 unspecified atom stereocenters. The van der Waals surface area contributed by atoms with Gasteiger partial charge in [-0.25, -0.2) is 4.79 Å². The van der Waals surface area contributed by atoms with Crippen LogP contribution in [0.4, 0.5) is 0 Å². The van der Waals surface area contributed by atoms with E-state index in [9.17, 15) is 43.5 Å². The number of aliphatic carboxylic acids is 1. The Morgan fingerprint density at radius 1 is 0.865 bits per heavy atom. The van der Waals surface area contributed by atoms with Gasteiger partial charge in [-0.15, -0.1) is 0 Å². The van der Waals surface area contributed by atoms with E-state index >= 15 is 0 Å². The van der Waals surface area contributed by atoms with Crippen LogP contribution < -0.4 is 49.5 Å². The Bertz CT molecular complexity index is 1300. The standard InChI is InChI=1S/C31H55N11O9S/c1-17(2)14-21(39-24(44)15-32)27(47)40-18(8-9-23(33)43)26(46)37-16-25(45)38-19(10-13-52-3)29(49)42-12-5-7-22(42)28(48)41-20(30(50)51)6-4-11-36-31(34)35/h17-22H,4-16,32H2,1-3H3,(H2,33,43)(H,37,46)(H,38,45)(H,39,44)(H,40,47)(H,41,48)(H,50,51)(H4,34,35,36)/t18-,19-,20-,21-,22-/m0/s1. The molecule has 21 heteroatoms. The molecule has 1 aliphatic rings. The van der Waals surface area contributed by atoms with Gasteiger partial charge in [-0.3, -0.25) is 38.6 Å². The lowest BCUT2D eigenvalue weighted by Crippen LogP contribution is -2.57. The van der Waals surface area contributed by atoms with Gasteiger partial charge in [-0.2, -0.15) is 11.8 Å². The first-order valence-electron chi connectivity index (χ1n) is 17.0. The van der Waals surface area contributed by atoms with Gasteiger partial charge in [-0.05, 0) is 62.9 Å². The van der Waals surface area contributed by atoms with Crippen LogP contribution in [0.1, 0.15) is 65.2 Å². The van der Waals surface area contributed by atoms with Crippen LogP contribution in [0.2, 0.25) is 0 Å². The number of amides is 7. The number of aliphatic imine (C=N–C) groups is 1. The van der Waals surface area contributed by atoms with Gasteiger partial charge in [0.25, 0.3) is 0 Å². The number of nitrogens with zero attached hydrogens (tertiary/aromatic N) is 2. The fourth-order valence-corrected chi connectivity index (χ4v) is 5.82. The van der Waals surface area contributed by atoms with Crippen molar-refractivity contribution >= 4 is 65.0 Å². The van der Waals surface area contributed by atoms with Crippen molar-refractivity contribution in [3.05, 3.63) is 0 Å². The third-order valence-corrected chi connectivity index (χ3v) is 8.57. The quantitative estimate of drug-likeness (QED) is 0.0257. The molecule has 20 nitrogen and oxygen atoms in total. The van der Waals surface area contributed by atoms with E-state index in [4.69, 9.17) is 22.9 Å². The second-order valence-electron chi connectivity index (χ2n) is 12.7. The van der Waals surface area contributed by atoms with Crippen molar-refractivity contribution in [3.63, 3.8) is 0 Å². The summed E-state index contributed by atoms with van der Waals surface area (Å²) in [5, 5.41) is 22.1. The molecule has 7 amide bonds. The Morgan fingerprint density at radius 2 is 1.54 bits per heavy atom. The molecular formula is C31H55N11O9S. The topological polar surface area (TPSA) is 337 Å². The molecule has 294 valence electrons. The molecule has 0 aliphatic carbocycles. The van der Waals surface area contributed by atoms with E-state index in [0.29, 0.717) is 12.2 Å². The molecule has 1 rings (SSSR count). The van der Waals surface area contributed by atoms with Gasteiger partial charge in [0.15, 0.2) is 5.96 Å². The van der Waals surface area contributed by atoms with Gasteiger partial charge >= 0.3 is 5.97 Å². The fraction of sp³-hybridized carbons (Fsp3) is 0.710. The number of likely N-dealkylation sites (tertiary alicyclic amines) is 1. The Balaban J connectivity index is 2.99. The average Bonchev–Trinajstić information content (AvgIpc) is 3.57. The lowest BCUT2D eigenvalue weighted by atomic mass is 10.0. The zero-order chi connectivity index (χ0) is 39.4. The van der Waals surface area contributed by atoms with Crippen LogP contribution in [0, 0.1) is 5.92 Å². The normalized spacial score (nSPS) is 16.1. The molecule has 14 N–H and O–H groups in total. The van der Waals surface area contributed by atoms with Crippen LogP contribution in [-0.4, -0.2) is 132 Å². The number of nitrogens with one attached hydrogen (secondary N) is 5. The highest BCUT2D eigenvalue weighted by Crippen LogP contribution is 2.20. The van der Waals surface area contributed by atoms with Crippen molar-refractivity contribution in [1.29, 1.82) is 0 Å². The number of carbonyl (C=O) groups excluding carboxylic acids is 7. The molecule has 1 saturated heterocycles. The zero-order valence-corrected chi connectivity index (χ0v) is 30.8. The van der Waals surface area contributed by atoms with Crippen LogP contribution >= 0.6 is 11.8 Å². The highest BCUT2D eigenvalue weighted by atomic mass is 32.2. The Morgan fingerprint density at radius 3 is 2.12 bits per heavy atom. The van der Waals surface area contributed by atoms with Crippen molar-refractivity contribution < 1.29 is 43.5 Å². The molecule has 52 heavy (non-hydrogen) atoms. The second kappa shape index (κ2) is 23.7. The minimum absolute atomic E-state index is 0.0167. The Labute approximate surface area is 307 Å². The predicted molar refractivity (Wildman–Crippen MR) is 193 cm³/mol. The van der Waals surface area contributed by atoms with Gasteiger partial charge in [-0.1, -0.05) is 13.8 Å². The van der Waals surface area contributed by atoms with Crippen molar-refractivity contribution in [3.8, 4) is 0 Å². The number of primary amides is 1. The number of thioether (sulfide) groups is 1. The lowest BCUT2D eigenvalue weighted by Gasteiger charge is -2.29. The number of nitrogens with two attached hydrogens (primary N) is 4. The minimum atomic E-state index is -1.30. The number of hydrogen-bond acceptors (Lipinski definition) is 11. The van der Waals surface area contributed by atoms with E-state index < -0.39 is 84.1 Å². The van der Waals surface area contributed by atoms with Gasteiger partial charge in [0.1, 0.15) is 30.2 Å². The molecule has 0 spiro atoms. The Hall–Kier alpha value is -4.66.